The molecule has 1 unspecified atom stereocenters. The molecule has 9 heteroatoms. The Morgan fingerprint density at radius 2 is 2.06 bits per heavy atom. The van der Waals surface area contributed by atoms with Gasteiger partial charge in [-0.05, 0) is 55.0 Å². The molecule has 4 rings (SSSR count). The molecule has 31 heavy (non-hydrogen) atoms. The van der Waals surface area contributed by atoms with Crippen LogP contribution in [-0.2, 0) is 21.2 Å². The predicted octanol–water partition coefficient (Wildman–Crippen LogP) is 4.64. The summed E-state index contributed by atoms with van der Waals surface area (Å²) in [6.45, 7) is 1.51. The molecule has 1 fully saturated rings. The number of hydrogen-bond donors (Lipinski definition) is 2. The molecule has 1 aliphatic heterocycles. The summed E-state index contributed by atoms with van der Waals surface area (Å²) in [4.78, 5) is 8.85. The Hall–Kier alpha value is -1.71. The molecule has 0 saturated carbocycles. The fraction of sp³-hybridized carbons (Fsp3) is 0.409. The van der Waals surface area contributed by atoms with Crippen molar-refractivity contribution < 1.29 is 18.3 Å². The number of ether oxygens (including phenoxy) is 1. The first-order chi connectivity index (χ1) is 14.8. The second-order valence-corrected chi connectivity index (χ2v) is 11.4. The summed E-state index contributed by atoms with van der Waals surface area (Å²) in [5.74, 6) is 0.556. The highest BCUT2D eigenvalue weighted by molar-refractivity contribution is 7.90. The van der Waals surface area contributed by atoms with E-state index in [1.165, 1.54) is 17.6 Å². The van der Waals surface area contributed by atoms with Gasteiger partial charge in [-0.25, -0.2) is 13.4 Å². The maximum atomic E-state index is 12.0. The molecule has 166 valence electrons. The highest BCUT2D eigenvalue weighted by Crippen LogP contribution is 2.37. The maximum absolute atomic E-state index is 12.0. The number of H-pyrrole nitrogens is 1. The van der Waals surface area contributed by atoms with E-state index in [1.54, 1.807) is 18.3 Å². The average Bonchev–Trinajstić information content (AvgIpc) is 3.41. The molecule has 0 aliphatic carbocycles. The van der Waals surface area contributed by atoms with Gasteiger partial charge < -0.3 is 14.8 Å². The molecule has 1 atom stereocenters. The number of aliphatic hydroxyl groups is 1. The van der Waals surface area contributed by atoms with Gasteiger partial charge in [-0.1, -0.05) is 17.7 Å². The van der Waals surface area contributed by atoms with E-state index in [-0.39, 0.29) is 22.4 Å². The molecular formula is C22H25ClN2O4S2. The van der Waals surface area contributed by atoms with Crippen LogP contribution in [-0.4, -0.2) is 43.0 Å². The quantitative estimate of drug-likeness (QED) is 0.514. The van der Waals surface area contributed by atoms with Gasteiger partial charge in [0.1, 0.15) is 5.01 Å². The van der Waals surface area contributed by atoms with E-state index < -0.39 is 9.84 Å². The number of aliphatic hydroxyl groups excluding tert-OH is 1. The normalized spacial score (nSPS) is 16.5. The van der Waals surface area contributed by atoms with Crippen LogP contribution in [0.25, 0.3) is 10.7 Å². The van der Waals surface area contributed by atoms with E-state index in [9.17, 15) is 13.5 Å². The number of hydrogen-bond acceptors (Lipinski definition) is 6. The van der Waals surface area contributed by atoms with Crippen LogP contribution in [0.3, 0.4) is 0 Å². The van der Waals surface area contributed by atoms with Crippen LogP contribution in [0.1, 0.15) is 41.3 Å². The van der Waals surface area contributed by atoms with Crippen molar-refractivity contribution in [2.75, 3.05) is 19.5 Å². The molecule has 0 spiro atoms. The standard InChI is InChI=1S/C22H25ClN2O4S2/c1-31(27,28)21-5-2-15(11-18(21)23)17(10-14-6-8-29-9-7-14)19-3-4-20(25-19)22-24-12-16(13-26)30-22/h2-5,11-12,14,17,25-26H,6-10,13H2,1H3. The lowest BCUT2D eigenvalue weighted by molar-refractivity contribution is 0.0626. The molecule has 0 radical (unpaired) electrons. The van der Waals surface area contributed by atoms with Gasteiger partial charge in [0.15, 0.2) is 9.84 Å². The largest absolute Gasteiger partial charge is 0.391 e. The summed E-state index contributed by atoms with van der Waals surface area (Å²) >= 11 is 7.82. The molecule has 2 N–H and O–H groups in total. The third kappa shape index (κ3) is 5.21. The Bertz CT molecular complexity index is 1150. The topological polar surface area (TPSA) is 92.3 Å². The van der Waals surface area contributed by atoms with Crippen molar-refractivity contribution in [1.29, 1.82) is 0 Å². The third-order valence-corrected chi connectivity index (χ3v) is 8.29. The molecule has 6 nitrogen and oxygen atoms in total. The lowest BCUT2D eigenvalue weighted by atomic mass is 9.83. The smallest absolute Gasteiger partial charge is 0.176 e. The maximum Gasteiger partial charge on any atom is 0.176 e. The minimum atomic E-state index is -3.38. The van der Waals surface area contributed by atoms with E-state index in [0.29, 0.717) is 5.92 Å². The molecule has 1 saturated heterocycles. The van der Waals surface area contributed by atoms with Crippen molar-refractivity contribution in [3.05, 3.63) is 57.7 Å². The van der Waals surface area contributed by atoms with Gasteiger partial charge in [0, 0.05) is 37.3 Å². The van der Waals surface area contributed by atoms with Crippen molar-refractivity contribution in [3.8, 4) is 10.7 Å². The predicted molar refractivity (Wildman–Crippen MR) is 122 cm³/mol. The van der Waals surface area contributed by atoms with Gasteiger partial charge >= 0.3 is 0 Å². The van der Waals surface area contributed by atoms with Crippen LogP contribution in [0.15, 0.2) is 41.4 Å². The van der Waals surface area contributed by atoms with E-state index in [4.69, 9.17) is 16.3 Å². The number of benzene rings is 1. The van der Waals surface area contributed by atoms with Crippen molar-refractivity contribution in [3.63, 3.8) is 0 Å². The minimum Gasteiger partial charge on any atom is -0.391 e. The van der Waals surface area contributed by atoms with Gasteiger partial charge in [-0.3, -0.25) is 0 Å². The molecule has 3 aromatic rings. The number of sulfone groups is 1. The Labute approximate surface area is 191 Å². The van der Waals surface area contributed by atoms with Gasteiger partial charge in [-0.2, -0.15) is 0 Å². The Morgan fingerprint density at radius 1 is 1.29 bits per heavy atom. The third-order valence-electron chi connectivity index (χ3n) is 5.69. The fourth-order valence-corrected chi connectivity index (χ4v) is 6.13. The Balaban J connectivity index is 1.69. The zero-order valence-corrected chi connectivity index (χ0v) is 19.6. The Kier molecular flexibility index (Phi) is 6.83. The zero-order valence-electron chi connectivity index (χ0n) is 17.2. The number of nitrogens with zero attached hydrogens (tertiary/aromatic N) is 1. The molecule has 1 aromatic carbocycles. The SMILES string of the molecule is CS(=O)(=O)c1ccc(C(CC2CCOCC2)c2ccc(-c3ncc(CO)s3)[nH]2)cc1Cl. The second-order valence-electron chi connectivity index (χ2n) is 7.92. The van der Waals surface area contributed by atoms with E-state index in [2.05, 4.69) is 16.0 Å². The van der Waals surface area contributed by atoms with Crippen molar-refractivity contribution >= 4 is 32.8 Å². The molecule has 0 bridgehead atoms. The van der Waals surface area contributed by atoms with Gasteiger partial charge in [0.05, 0.1) is 27.1 Å². The summed E-state index contributed by atoms with van der Waals surface area (Å²) in [5, 5.41) is 10.4. The first kappa shape index (κ1) is 22.5. The molecule has 2 aromatic heterocycles. The number of aromatic nitrogens is 2. The lowest BCUT2D eigenvalue weighted by Gasteiger charge is -2.27. The highest BCUT2D eigenvalue weighted by atomic mass is 35.5. The van der Waals surface area contributed by atoms with Crippen LogP contribution in [0.4, 0.5) is 0 Å². The number of halogens is 1. The first-order valence-corrected chi connectivity index (χ1v) is 13.3. The number of rotatable bonds is 7. The minimum absolute atomic E-state index is 0.0250. The number of thiazole rings is 1. The molecule has 3 heterocycles. The van der Waals surface area contributed by atoms with Gasteiger partial charge in [0.2, 0.25) is 0 Å². The van der Waals surface area contributed by atoms with Crippen molar-refractivity contribution in [2.45, 2.75) is 36.7 Å². The van der Waals surface area contributed by atoms with Crippen LogP contribution < -0.4 is 0 Å². The van der Waals surface area contributed by atoms with Crippen LogP contribution in [0.5, 0.6) is 0 Å². The molecule has 1 aliphatic rings. The van der Waals surface area contributed by atoms with Gasteiger partial charge in [-0.15, -0.1) is 11.3 Å². The second kappa shape index (κ2) is 9.42. The molecular weight excluding hydrogens is 456 g/mol. The zero-order chi connectivity index (χ0) is 22.0. The molecule has 0 amide bonds. The Morgan fingerprint density at radius 3 is 2.71 bits per heavy atom. The lowest BCUT2D eigenvalue weighted by Crippen LogP contribution is -2.19. The fourth-order valence-electron chi connectivity index (χ4n) is 4.04. The summed E-state index contributed by atoms with van der Waals surface area (Å²) in [7, 11) is -3.38. The van der Waals surface area contributed by atoms with E-state index >= 15 is 0 Å². The monoisotopic (exact) mass is 480 g/mol. The summed E-state index contributed by atoms with van der Waals surface area (Å²) in [5.41, 5.74) is 2.91. The average molecular weight is 481 g/mol. The van der Waals surface area contributed by atoms with E-state index in [1.807, 2.05) is 12.1 Å². The number of nitrogens with one attached hydrogen (secondary N) is 1. The van der Waals surface area contributed by atoms with Crippen LogP contribution in [0, 0.1) is 5.92 Å². The first-order valence-electron chi connectivity index (χ1n) is 10.2. The summed E-state index contributed by atoms with van der Waals surface area (Å²) < 4.78 is 29.5. The number of aromatic amines is 1. The summed E-state index contributed by atoms with van der Waals surface area (Å²) in [6, 6.07) is 9.29. The van der Waals surface area contributed by atoms with Crippen molar-refractivity contribution in [2.24, 2.45) is 5.92 Å². The highest BCUT2D eigenvalue weighted by Gasteiger charge is 2.25. The van der Waals surface area contributed by atoms with Crippen LogP contribution in [0.2, 0.25) is 5.02 Å². The van der Waals surface area contributed by atoms with Gasteiger partial charge in [0.25, 0.3) is 0 Å². The van der Waals surface area contributed by atoms with Crippen molar-refractivity contribution in [1.82, 2.24) is 9.97 Å². The van der Waals surface area contributed by atoms with E-state index in [0.717, 1.165) is 59.3 Å². The summed E-state index contributed by atoms with van der Waals surface area (Å²) in [6.07, 6.45) is 5.78. The van der Waals surface area contributed by atoms with Crippen LogP contribution >= 0.6 is 22.9 Å².